The maximum absolute atomic E-state index is 13.5. The zero-order valence-electron chi connectivity index (χ0n) is 8.93. The lowest BCUT2D eigenvalue weighted by atomic mass is 10.2. The smallest absolute Gasteiger partial charge is 0.341 e. The summed E-state index contributed by atoms with van der Waals surface area (Å²) in [5.74, 6) is -6.28. The van der Waals surface area contributed by atoms with Gasteiger partial charge in [-0.05, 0) is 6.07 Å². The summed E-state index contributed by atoms with van der Waals surface area (Å²) in [5, 5.41) is 0. The number of hydrogen-bond acceptors (Lipinski definition) is 3. The lowest BCUT2D eigenvalue weighted by Gasteiger charge is -2.08. The first kappa shape index (κ1) is 13.1. The fourth-order valence-corrected chi connectivity index (χ4v) is 1.12. The van der Waals surface area contributed by atoms with Gasteiger partial charge in [0.25, 0.3) is 0 Å². The fraction of sp³-hybridized carbons (Fsp3) is 0.182. The Kier molecular flexibility index (Phi) is 4.14. The second-order valence-corrected chi connectivity index (χ2v) is 2.95. The maximum atomic E-state index is 13.5. The molecule has 0 aliphatic heterocycles. The molecule has 0 amide bonds. The van der Waals surface area contributed by atoms with Crippen molar-refractivity contribution in [3.63, 3.8) is 0 Å². The third-order valence-corrected chi connectivity index (χ3v) is 1.87. The predicted octanol–water partition coefficient (Wildman–Crippen LogP) is 2.46. The molecule has 6 heteroatoms. The Balaban J connectivity index is 3.21. The van der Waals surface area contributed by atoms with Crippen LogP contribution in [-0.4, -0.2) is 19.7 Å². The van der Waals surface area contributed by atoms with Gasteiger partial charge < -0.3 is 9.47 Å². The van der Waals surface area contributed by atoms with Gasteiger partial charge in [0.15, 0.2) is 17.4 Å². The van der Waals surface area contributed by atoms with E-state index in [4.69, 9.17) is 0 Å². The minimum atomic E-state index is -1.50. The van der Waals surface area contributed by atoms with Gasteiger partial charge >= 0.3 is 5.97 Å². The molecule has 1 aromatic rings. The topological polar surface area (TPSA) is 35.5 Å². The highest BCUT2D eigenvalue weighted by Crippen LogP contribution is 2.27. The molecule has 0 heterocycles. The van der Waals surface area contributed by atoms with Crippen molar-refractivity contribution in [2.75, 3.05) is 13.7 Å². The monoisotopic (exact) mass is 246 g/mol. The van der Waals surface area contributed by atoms with E-state index >= 15 is 0 Å². The van der Waals surface area contributed by atoms with Gasteiger partial charge in [-0.2, -0.15) is 4.39 Å². The average Bonchev–Trinajstić information content (AvgIpc) is 2.31. The maximum Gasteiger partial charge on any atom is 0.341 e. The van der Waals surface area contributed by atoms with E-state index in [1.165, 1.54) is 6.08 Å². The zero-order valence-corrected chi connectivity index (χ0v) is 8.93. The summed E-state index contributed by atoms with van der Waals surface area (Å²) in [4.78, 5) is 11.3. The van der Waals surface area contributed by atoms with E-state index in [9.17, 15) is 18.0 Å². The largest absolute Gasteiger partial charge is 0.491 e. The molecule has 0 aliphatic carbocycles. The van der Waals surface area contributed by atoms with Gasteiger partial charge in [-0.3, -0.25) is 0 Å². The van der Waals surface area contributed by atoms with Crippen molar-refractivity contribution in [2.45, 2.75) is 0 Å². The summed E-state index contributed by atoms with van der Waals surface area (Å²) in [6.07, 6.45) is 1.26. The number of hydrogen-bond donors (Lipinski definition) is 0. The summed E-state index contributed by atoms with van der Waals surface area (Å²) in [7, 11) is 0.958. The summed E-state index contributed by atoms with van der Waals surface area (Å²) in [6.45, 7) is 3.12. The van der Waals surface area contributed by atoms with Crippen LogP contribution in [0.1, 0.15) is 10.4 Å². The molecule has 0 aliphatic rings. The number of methoxy groups -OCH3 is 1. The van der Waals surface area contributed by atoms with Gasteiger partial charge in [0.2, 0.25) is 5.82 Å². The van der Waals surface area contributed by atoms with E-state index in [0.29, 0.717) is 6.07 Å². The number of carbonyl (C=O) groups is 1. The van der Waals surface area contributed by atoms with Crippen molar-refractivity contribution < 1.29 is 27.4 Å². The Hall–Kier alpha value is -1.98. The predicted molar refractivity (Wildman–Crippen MR) is 53.3 cm³/mol. The van der Waals surface area contributed by atoms with E-state index in [1.807, 2.05) is 0 Å². The number of ether oxygens (including phenoxy) is 2. The van der Waals surface area contributed by atoms with Crippen molar-refractivity contribution in [1.82, 2.24) is 0 Å². The van der Waals surface area contributed by atoms with E-state index in [0.717, 1.165) is 7.11 Å². The number of halogens is 3. The van der Waals surface area contributed by atoms with Crippen LogP contribution in [-0.2, 0) is 4.74 Å². The van der Waals surface area contributed by atoms with Crippen LogP contribution >= 0.6 is 0 Å². The zero-order chi connectivity index (χ0) is 13.0. The molecular formula is C11H9F3O3. The standard InChI is InChI=1S/C11H9F3O3/c1-3-4-17-11(15)6-5-7(12)9(14)10(16-2)8(6)13/h3,5H,1,4H2,2H3. The number of benzene rings is 1. The average molecular weight is 246 g/mol. The molecular weight excluding hydrogens is 237 g/mol. The van der Waals surface area contributed by atoms with E-state index in [-0.39, 0.29) is 6.61 Å². The minimum absolute atomic E-state index is 0.167. The molecule has 0 fully saturated rings. The Bertz CT molecular complexity index is 458. The van der Waals surface area contributed by atoms with Crippen LogP contribution in [0.5, 0.6) is 5.75 Å². The molecule has 0 aromatic heterocycles. The van der Waals surface area contributed by atoms with Gasteiger partial charge in [-0.1, -0.05) is 12.7 Å². The molecule has 0 saturated carbocycles. The van der Waals surface area contributed by atoms with Gasteiger partial charge in [0.1, 0.15) is 12.2 Å². The Morgan fingerprint density at radius 2 is 2.06 bits per heavy atom. The van der Waals surface area contributed by atoms with Crippen molar-refractivity contribution in [3.8, 4) is 5.75 Å². The van der Waals surface area contributed by atoms with E-state index < -0.39 is 34.7 Å². The third kappa shape index (κ3) is 2.58. The van der Waals surface area contributed by atoms with Crippen molar-refractivity contribution in [3.05, 3.63) is 41.7 Å². The Labute approximate surface area is 95.5 Å². The second kappa shape index (κ2) is 5.38. The molecule has 1 rings (SSSR count). The Morgan fingerprint density at radius 3 is 2.59 bits per heavy atom. The summed E-state index contributed by atoms with van der Waals surface area (Å²) < 4.78 is 48.5. The van der Waals surface area contributed by atoms with Crippen LogP contribution in [0.4, 0.5) is 13.2 Å². The lowest BCUT2D eigenvalue weighted by molar-refractivity contribution is 0.0542. The quantitative estimate of drug-likeness (QED) is 0.465. The van der Waals surface area contributed by atoms with Crippen LogP contribution in [0.3, 0.4) is 0 Å². The minimum Gasteiger partial charge on any atom is -0.491 e. The van der Waals surface area contributed by atoms with Gasteiger partial charge in [0.05, 0.1) is 7.11 Å². The highest BCUT2D eigenvalue weighted by Gasteiger charge is 2.24. The molecule has 0 spiro atoms. The molecule has 0 unspecified atom stereocenters. The van der Waals surface area contributed by atoms with Crippen LogP contribution in [0, 0.1) is 17.5 Å². The highest BCUT2D eigenvalue weighted by atomic mass is 19.2. The first-order valence-electron chi connectivity index (χ1n) is 4.52. The fourth-order valence-electron chi connectivity index (χ4n) is 1.12. The van der Waals surface area contributed by atoms with E-state index in [1.54, 1.807) is 0 Å². The SMILES string of the molecule is C=CCOC(=O)c1cc(F)c(F)c(OC)c1F. The van der Waals surface area contributed by atoms with Crippen LogP contribution in [0.25, 0.3) is 0 Å². The normalized spacial score (nSPS) is 9.88. The molecule has 92 valence electrons. The molecule has 0 saturated heterocycles. The molecule has 0 atom stereocenters. The molecule has 0 bridgehead atoms. The lowest BCUT2D eigenvalue weighted by Crippen LogP contribution is -2.10. The van der Waals surface area contributed by atoms with Gasteiger partial charge in [-0.25, -0.2) is 13.6 Å². The highest BCUT2D eigenvalue weighted by molar-refractivity contribution is 5.90. The third-order valence-electron chi connectivity index (χ3n) is 1.87. The van der Waals surface area contributed by atoms with Crippen LogP contribution in [0.15, 0.2) is 18.7 Å². The van der Waals surface area contributed by atoms with Crippen molar-refractivity contribution in [2.24, 2.45) is 0 Å². The molecule has 1 aromatic carbocycles. The number of esters is 1. The Morgan fingerprint density at radius 1 is 1.41 bits per heavy atom. The van der Waals surface area contributed by atoms with Crippen molar-refractivity contribution in [1.29, 1.82) is 0 Å². The second-order valence-electron chi connectivity index (χ2n) is 2.95. The van der Waals surface area contributed by atoms with Gasteiger partial charge in [-0.15, -0.1) is 0 Å². The summed E-state index contributed by atoms with van der Waals surface area (Å²) >= 11 is 0. The first-order chi connectivity index (χ1) is 8.02. The number of rotatable bonds is 4. The number of carbonyl (C=O) groups excluding carboxylic acids is 1. The molecule has 0 radical (unpaired) electrons. The van der Waals surface area contributed by atoms with Crippen LogP contribution < -0.4 is 4.74 Å². The van der Waals surface area contributed by atoms with Gasteiger partial charge in [0, 0.05) is 0 Å². The molecule has 17 heavy (non-hydrogen) atoms. The van der Waals surface area contributed by atoms with E-state index in [2.05, 4.69) is 16.1 Å². The molecule has 3 nitrogen and oxygen atoms in total. The summed E-state index contributed by atoms with van der Waals surface area (Å²) in [5.41, 5.74) is -0.734. The summed E-state index contributed by atoms with van der Waals surface area (Å²) in [6, 6.07) is 0.415. The molecule has 0 N–H and O–H groups in total. The van der Waals surface area contributed by atoms with Crippen molar-refractivity contribution >= 4 is 5.97 Å². The van der Waals surface area contributed by atoms with Crippen LogP contribution in [0.2, 0.25) is 0 Å². The first-order valence-corrected chi connectivity index (χ1v) is 4.52.